The first-order valence-electron chi connectivity index (χ1n) is 6.67. The van der Waals surface area contributed by atoms with Gasteiger partial charge in [-0.15, -0.1) is 0 Å². The monoisotopic (exact) mass is 281 g/mol. The molecule has 1 aliphatic heterocycles. The molecule has 3 rings (SSSR count). The molecule has 1 fully saturated rings. The van der Waals surface area contributed by atoms with Crippen molar-refractivity contribution in [3.8, 4) is 0 Å². The third kappa shape index (κ3) is 3.05. The van der Waals surface area contributed by atoms with Crippen molar-refractivity contribution in [1.82, 2.24) is 19.9 Å². The molecule has 6 nitrogen and oxygen atoms in total. The minimum absolute atomic E-state index is 0.00266. The molecule has 6 heteroatoms. The number of rotatable bonds is 3. The number of pyridine rings is 1. The van der Waals surface area contributed by atoms with Crippen LogP contribution in [0.2, 0.25) is 0 Å². The highest BCUT2D eigenvalue weighted by molar-refractivity contribution is 5.92. The smallest absolute Gasteiger partial charge is 0.246 e. The molecule has 1 aliphatic rings. The number of amides is 1. The lowest BCUT2D eigenvalue weighted by atomic mass is 9.92. The number of hydrogen-bond donors (Lipinski definition) is 1. The van der Waals surface area contributed by atoms with Crippen LogP contribution in [0.4, 0.5) is 5.95 Å². The molecule has 0 aromatic carbocycles. The van der Waals surface area contributed by atoms with Gasteiger partial charge in [-0.25, -0.2) is 9.97 Å². The summed E-state index contributed by atoms with van der Waals surface area (Å²) in [6, 6.07) is 3.99. The van der Waals surface area contributed by atoms with E-state index in [0.717, 1.165) is 18.7 Å². The summed E-state index contributed by atoms with van der Waals surface area (Å²) >= 11 is 0. The van der Waals surface area contributed by atoms with Crippen molar-refractivity contribution in [1.29, 1.82) is 0 Å². The Morgan fingerprint density at radius 2 is 1.90 bits per heavy atom. The van der Waals surface area contributed by atoms with Crippen LogP contribution in [0, 0.1) is 0 Å². The van der Waals surface area contributed by atoms with Gasteiger partial charge in [-0.3, -0.25) is 9.78 Å². The van der Waals surface area contributed by atoms with Gasteiger partial charge in [-0.1, -0.05) is 0 Å². The van der Waals surface area contributed by atoms with E-state index in [0.29, 0.717) is 5.92 Å². The van der Waals surface area contributed by atoms with E-state index in [9.17, 15) is 4.79 Å². The lowest BCUT2D eigenvalue weighted by Crippen LogP contribution is -2.47. The van der Waals surface area contributed by atoms with Crippen LogP contribution in [0.5, 0.6) is 0 Å². The maximum atomic E-state index is 12.0. The summed E-state index contributed by atoms with van der Waals surface area (Å²) in [4.78, 5) is 25.6. The SMILES string of the molecule is Nc1ncc(/C=C/C(=O)N2CC(c3ccncc3)C2)cn1. The minimum atomic E-state index is -0.00266. The molecule has 2 aromatic heterocycles. The molecule has 0 aliphatic carbocycles. The molecule has 0 bridgehead atoms. The first-order chi connectivity index (χ1) is 10.2. The molecule has 106 valence electrons. The van der Waals surface area contributed by atoms with Crippen LogP contribution >= 0.6 is 0 Å². The number of nitrogens with zero attached hydrogens (tertiary/aromatic N) is 4. The third-order valence-electron chi connectivity index (χ3n) is 3.48. The summed E-state index contributed by atoms with van der Waals surface area (Å²) < 4.78 is 0. The zero-order valence-corrected chi connectivity index (χ0v) is 11.4. The molecule has 3 heterocycles. The van der Waals surface area contributed by atoms with Crippen molar-refractivity contribution in [3.63, 3.8) is 0 Å². The van der Waals surface area contributed by atoms with Crippen LogP contribution in [-0.2, 0) is 4.79 Å². The maximum absolute atomic E-state index is 12.0. The molecule has 0 unspecified atom stereocenters. The molecular formula is C15H15N5O. The summed E-state index contributed by atoms with van der Waals surface area (Å²) in [6.07, 6.45) is 9.96. The van der Waals surface area contributed by atoms with E-state index in [1.165, 1.54) is 11.6 Å². The van der Waals surface area contributed by atoms with Gasteiger partial charge in [-0.2, -0.15) is 0 Å². The Hall–Kier alpha value is -2.76. The second-order valence-corrected chi connectivity index (χ2v) is 4.93. The average molecular weight is 281 g/mol. The van der Waals surface area contributed by atoms with E-state index < -0.39 is 0 Å². The fraction of sp³-hybridized carbons (Fsp3) is 0.200. The van der Waals surface area contributed by atoms with Crippen LogP contribution < -0.4 is 5.73 Å². The van der Waals surface area contributed by atoms with E-state index >= 15 is 0 Å². The summed E-state index contributed by atoms with van der Waals surface area (Å²) in [5.41, 5.74) is 7.39. The molecule has 21 heavy (non-hydrogen) atoms. The topological polar surface area (TPSA) is 85.0 Å². The molecule has 0 saturated carbocycles. The fourth-order valence-corrected chi connectivity index (χ4v) is 2.21. The van der Waals surface area contributed by atoms with Gasteiger partial charge in [0.25, 0.3) is 0 Å². The van der Waals surface area contributed by atoms with E-state index in [1.807, 2.05) is 12.1 Å². The van der Waals surface area contributed by atoms with Gasteiger partial charge in [-0.05, 0) is 23.8 Å². The Kier molecular flexibility index (Phi) is 3.59. The van der Waals surface area contributed by atoms with Crippen molar-refractivity contribution in [3.05, 3.63) is 54.1 Å². The molecule has 1 saturated heterocycles. The van der Waals surface area contributed by atoms with Crippen LogP contribution in [0.3, 0.4) is 0 Å². The van der Waals surface area contributed by atoms with Crippen molar-refractivity contribution in [2.24, 2.45) is 0 Å². The first-order valence-corrected chi connectivity index (χ1v) is 6.67. The molecular weight excluding hydrogens is 266 g/mol. The third-order valence-corrected chi connectivity index (χ3v) is 3.48. The first kappa shape index (κ1) is 13.2. The highest BCUT2D eigenvalue weighted by Crippen LogP contribution is 2.26. The molecule has 2 aromatic rings. The molecule has 0 spiro atoms. The van der Waals surface area contributed by atoms with Gasteiger partial charge in [0.1, 0.15) is 0 Å². The molecule has 0 radical (unpaired) electrons. The predicted molar refractivity (Wildman–Crippen MR) is 79.0 cm³/mol. The average Bonchev–Trinajstić information content (AvgIpc) is 2.46. The summed E-state index contributed by atoms with van der Waals surface area (Å²) in [6.45, 7) is 1.48. The van der Waals surface area contributed by atoms with E-state index in [2.05, 4.69) is 15.0 Å². The van der Waals surface area contributed by atoms with E-state index in [-0.39, 0.29) is 11.9 Å². The Morgan fingerprint density at radius 3 is 2.57 bits per heavy atom. The zero-order chi connectivity index (χ0) is 14.7. The van der Waals surface area contributed by atoms with Gasteiger partial charge in [0.15, 0.2) is 0 Å². The number of nitrogen functional groups attached to an aromatic ring is 1. The normalized spacial score (nSPS) is 15.1. The van der Waals surface area contributed by atoms with E-state index in [1.54, 1.807) is 35.8 Å². The highest BCUT2D eigenvalue weighted by atomic mass is 16.2. The Balaban J connectivity index is 1.55. The van der Waals surface area contributed by atoms with Crippen LogP contribution in [0.25, 0.3) is 6.08 Å². The number of aromatic nitrogens is 3. The van der Waals surface area contributed by atoms with Crippen molar-refractivity contribution < 1.29 is 4.79 Å². The van der Waals surface area contributed by atoms with Crippen LogP contribution in [-0.4, -0.2) is 38.8 Å². The second-order valence-electron chi connectivity index (χ2n) is 4.93. The van der Waals surface area contributed by atoms with Gasteiger partial charge in [0, 0.05) is 55.4 Å². The van der Waals surface area contributed by atoms with Crippen LogP contribution in [0.15, 0.2) is 43.0 Å². The Labute approximate surface area is 122 Å². The minimum Gasteiger partial charge on any atom is -0.368 e. The number of carbonyl (C=O) groups excluding carboxylic acids is 1. The molecule has 0 atom stereocenters. The lowest BCUT2D eigenvalue weighted by Gasteiger charge is -2.38. The number of likely N-dealkylation sites (tertiary alicyclic amines) is 1. The predicted octanol–water partition coefficient (Wildman–Crippen LogP) is 1.09. The number of carbonyl (C=O) groups is 1. The van der Waals surface area contributed by atoms with Gasteiger partial charge < -0.3 is 10.6 Å². The van der Waals surface area contributed by atoms with Gasteiger partial charge >= 0.3 is 0 Å². The molecule has 2 N–H and O–H groups in total. The van der Waals surface area contributed by atoms with Crippen molar-refractivity contribution in [2.45, 2.75) is 5.92 Å². The van der Waals surface area contributed by atoms with E-state index in [4.69, 9.17) is 5.73 Å². The summed E-state index contributed by atoms with van der Waals surface area (Å²) in [5.74, 6) is 0.628. The quantitative estimate of drug-likeness (QED) is 0.851. The summed E-state index contributed by atoms with van der Waals surface area (Å²) in [7, 11) is 0. The summed E-state index contributed by atoms with van der Waals surface area (Å²) in [5, 5.41) is 0. The van der Waals surface area contributed by atoms with Gasteiger partial charge in [0.2, 0.25) is 11.9 Å². The second kappa shape index (κ2) is 5.70. The molecule has 1 amide bonds. The zero-order valence-electron chi connectivity index (χ0n) is 11.4. The Morgan fingerprint density at radius 1 is 1.24 bits per heavy atom. The van der Waals surface area contributed by atoms with Gasteiger partial charge in [0.05, 0.1) is 0 Å². The number of hydrogen-bond acceptors (Lipinski definition) is 5. The number of nitrogens with two attached hydrogens (primary N) is 1. The fourth-order valence-electron chi connectivity index (χ4n) is 2.21. The largest absolute Gasteiger partial charge is 0.368 e. The van der Waals surface area contributed by atoms with Crippen molar-refractivity contribution >= 4 is 17.9 Å². The maximum Gasteiger partial charge on any atom is 0.246 e. The lowest BCUT2D eigenvalue weighted by molar-refractivity contribution is -0.130. The standard InChI is InChI=1S/C15H15N5O/c16-15-18-7-11(8-19-15)1-2-14(21)20-9-13(10-20)12-3-5-17-6-4-12/h1-8,13H,9-10H2,(H2,16,18,19)/b2-1+. The van der Waals surface area contributed by atoms with Crippen molar-refractivity contribution in [2.75, 3.05) is 18.8 Å². The highest BCUT2D eigenvalue weighted by Gasteiger charge is 2.30. The van der Waals surface area contributed by atoms with Crippen LogP contribution in [0.1, 0.15) is 17.0 Å². The Bertz CT molecular complexity index is 648. The number of anilines is 1.